The average molecular weight is 452 g/mol. The minimum Gasteiger partial charge on any atom is -0.467 e. The van der Waals surface area contributed by atoms with Gasteiger partial charge in [0.2, 0.25) is 5.91 Å². The van der Waals surface area contributed by atoms with Crippen molar-refractivity contribution in [1.82, 2.24) is 15.1 Å². The van der Waals surface area contributed by atoms with Crippen LogP contribution in [-0.2, 0) is 24.4 Å². The number of hydrogen-bond donors (Lipinski definition) is 1. The van der Waals surface area contributed by atoms with Gasteiger partial charge in [-0.3, -0.25) is 4.79 Å². The number of benzene rings is 2. The lowest BCUT2D eigenvalue weighted by Gasteiger charge is -2.28. The first-order valence-corrected chi connectivity index (χ1v) is 11.0. The quantitative estimate of drug-likeness (QED) is 0.481. The topological polar surface area (TPSA) is 65.8 Å². The van der Waals surface area contributed by atoms with E-state index >= 15 is 0 Å². The molecule has 0 radical (unpaired) electrons. The maximum absolute atomic E-state index is 13.3. The number of halogens is 1. The molecule has 1 N–H and O–H groups in total. The van der Waals surface area contributed by atoms with Crippen molar-refractivity contribution < 1.29 is 18.4 Å². The molecule has 0 unspecified atom stereocenters. The zero-order valence-corrected chi connectivity index (χ0v) is 19.0. The standard InChI is InChI=1S/C26H30FN3O3/c1-20(2)16-30(26(32)28-15-21-7-4-3-5-8-21)19-25(31)29(18-24-9-6-14-33-24)17-22-10-12-23(27)13-11-22/h3-14,20H,15-19H2,1-2H3,(H,28,32). The predicted molar refractivity (Wildman–Crippen MR) is 124 cm³/mol. The van der Waals surface area contributed by atoms with Gasteiger partial charge in [-0.25, -0.2) is 9.18 Å². The minimum absolute atomic E-state index is 0.0687. The lowest BCUT2D eigenvalue weighted by Crippen LogP contribution is -2.47. The molecule has 7 heteroatoms. The molecular formula is C26H30FN3O3. The summed E-state index contributed by atoms with van der Waals surface area (Å²) in [6, 6.07) is 18.9. The number of hydrogen-bond acceptors (Lipinski definition) is 3. The minimum atomic E-state index is -0.333. The fourth-order valence-corrected chi connectivity index (χ4v) is 3.44. The van der Waals surface area contributed by atoms with E-state index in [-0.39, 0.29) is 43.3 Å². The molecule has 0 aliphatic rings. The fraction of sp³-hybridized carbons (Fsp3) is 0.308. The van der Waals surface area contributed by atoms with Crippen molar-refractivity contribution in [2.24, 2.45) is 5.92 Å². The van der Waals surface area contributed by atoms with Crippen molar-refractivity contribution in [2.45, 2.75) is 33.5 Å². The molecule has 3 aromatic rings. The SMILES string of the molecule is CC(C)CN(CC(=O)N(Cc1ccc(F)cc1)Cc1ccco1)C(=O)NCc1ccccc1. The molecule has 0 spiro atoms. The zero-order chi connectivity index (χ0) is 23.6. The first-order chi connectivity index (χ1) is 15.9. The highest BCUT2D eigenvalue weighted by Gasteiger charge is 2.23. The van der Waals surface area contributed by atoms with E-state index in [2.05, 4.69) is 5.32 Å². The van der Waals surface area contributed by atoms with Gasteiger partial charge >= 0.3 is 6.03 Å². The number of urea groups is 1. The predicted octanol–water partition coefficient (Wildman–Crippen LogP) is 4.82. The molecule has 0 aliphatic carbocycles. The van der Waals surface area contributed by atoms with Gasteiger partial charge in [0, 0.05) is 19.6 Å². The Labute approximate surface area is 194 Å². The number of furan rings is 1. The third-order valence-corrected chi connectivity index (χ3v) is 5.05. The van der Waals surface area contributed by atoms with Crippen LogP contribution in [0, 0.1) is 11.7 Å². The highest BCUT2D eigenvalue weighted by atomic mass is 19.1. The lowest BCUT2D eigenvalue weighted by atomic mass is 10.2. The third-order valence-electron chi connectivity index (χ3n) is 5.05. The molecule has 1 heterocycles. The van der Waals surface area contributed by atoms with Gasteiger partial charge in [0.25, 0.3) is 0 Å². The van der Waals surface area contributed by atoms with E-state index in [1.54, 1.807) is 35.4 Å². The van der Waals surface area contributed by atoms with Crippen LogP contribution < -0.4 is 5.32 Å². The van der Waals surface area contributed by atoms with E-state index in [4.69, 9.17) is 4.42 Å². The Balaban J connectivity index is 1.70. The Morgan fingerprint density at radius 1 is 0.909 bits per heavy atom. The summed E-state index contributed by atoms with van der Waals surface area (Å²) >= 11 is 0. The molecule has 0 aliphatic heterocycles. The first-order valence-electron chi connectivity index (χ1n) is 11.0. The summed E-state index contributed by atoms with van der Waals surface area (Å²) in [6.45, 7) is 5.29. The van der Waals surface area contributed by atoms with Crippen molar-refractivity contribution in [3.63, 3.8) is 0 Å². The summed E-state index contributed by atoms with van der Waals surface area (Å²) in [7, 11) is 0. The number of rotatable bonds is 10. The monoisotopic (exact) mass is 451 g/mol. The smallest absolute Gasteiger partial charge is 0.318 e. The van der Waals surface area contributed by atoms with Gasteiger partial charge in [0.05, 0.1) is 12.8 Å². The van der Waals surface area contributed by atoms with E-state index in [1.807, 2.05) is 44.2 Å². The molecule has 33 heavy (non-hydrogen) atoms. The van der Waals surface area contributed by atoms with Gasteiger partial charge in [0.1, 0.15) is 18.1 Å². The van der Waals surface area contributed by atoms with Crippen molar-refractivity contribution in [3.05, 3.63) is 95.7 Å². The van der Waals surface area contributed by atoms with Crippen LogP contribution in [0.3, 0.4) is 0 Å². The highest BCUT2D eigenvalue weighted by Crippen LogP contribution is 2.13. The molecular weight excluding hydrogens is 421 g/mol. The highest BCUT2D eigenvalue weighted by molar-refractivity contribution is 5.84. The summed E-state index contributed by atoms with van der Waals surface area (Å²) in [5.74, 6) is 0.275. The van der Waals surface area contributed by atoms with Gasteiger partial charge in [-0.2, -0.15) is 0 Å². The number of nitrogens with zero attached hydrogens (tertiary/aromatic N) is 2. The maximum atomic E-state index is 13.3. The number of nitrogens with one attached hydrogen (secondary N) is 1. The van der Waals surface area contributed by atoms with E-state index in [0.717, 1.165) is 11.1 Å². The van der Waals surface area contributed by atoms with Crippen molar-refractivity contribution >= 4 is 11.9 Å². The summed E-state index contributed by atoms with van der Waals surface area (Å²) in [6.07, 6.45) is 1.55. The van der Waals surface area contributed by atoms with Crippen LogP contribution >= 0.6 is 0 Å². The van der Waals surface area contributed by atoms with Crippen LogP contribution in [0.1, 0.15) is 30.7 Å². The maximum Gasteiger partial charge on any atom is 0.318 e. The van der Waals surface area contributed by atoms with Crippen LogP contribution in [-0.4, -0.2) is 34.8 Å². The molecule has 1 aromatic heterocycles. The molecule has 0 saturated carbocycles. The molecule has 174 valence electrons. The normalized spacial score (nSPS) is 10.8. The first kappa shape index (κ1) is 24.0. The number of carbonyl (C=O) groups is 2. The van der Waals surface area contributed by atoms with Crippen molar-refractivity contribution in [3.8, 4) is 0 Å². The van der Waals surface area contributed by atoms with E-state index in [0.29, 0.717) is 18.8 Å². The van der Waals surface area contributed by atoms with Crippen LogP contribution in [0.5, 0.6) is 0 Å². The van der Waals surface area contributed by atoms with Crippen LogP contribution in [0.25, 0.3) is 0 Å². The van der Waals surface area contributed by atoms with E-state index < -0.39 is 0 Å². The summed E-state index contributed by atoms with van der Waals surface area (Å²) in [4.78, 5) is 29.4. The number of amides is 3. The van der Waals surface area contributed by atoms with Gasteiger partial charge in [-0.15, -0.1) is 0 Å². The average Bonchev–Trinajstić information content (AvgIpc) is 3.31. The molecule has 3 rings (SSSR count). The second-order valence-electron chi connectivity index (χ2n) is 8.37. The van der Waals surface area contributed by atoms with E-state index in [9.17, 15) is 14.0 Å². The third kappa shape index (κ3) is 7.79. The Morgan fingerprint density at radius 3 is 2.27 bits per heavy atom. The summed E-state index contributed by atoms with van der Waals surface area (Å²) in [5, 5.41) is 2.91. The number of carbonyl (C=O) groups excluding carboxylic acids is 2. The molecule has 0 atom stereocenters. The molecule has 0 saturated heterocycles. The molecule has 2 aromatic carbocycles. The Bertz CT molecular complexity index is 1010. The molecule has 0 fully saturated rings. The molecule has 6 nitrogen and oxygen atoms in total. The lowest BCUT2D eigenvalue weighted by molar-refractivity contribution is -0.133. The van der Waals surface area contributed by atoms with Crippen LogP contribution in [0.2, 0.25) is 0 Å². The molecule has 3 amide bonds. The van der Waals surface area contributed by atoms with Crippen LogP contribution in [0.4, 0.5) is 9.18 Å². The summed E-state index contributed by atoms with van der Waals surface area (Å²) < 4.78 is 18.7. The van der Waals surface area contributed by atoms with Crippen molar-refractivity contribution in [1.29, 1.82) is 0 Å². The largest absolute Gasteiger partial charge is 0.467 e. The second-order valence-corrected chi connectivity index (χ2v) is 8.37. The van der Waals surface area contributed by atoms with Gasteiger partial charge in [-0.1, -0.05) is 56.3 Å². The van der Waals surface area contributed by atoms with Crippen molar-refractivity contribution in [2.75, 3.05) is 13.1 Å². The zero-order valence-electron chi connectivity index (χ0n) is 19.0. The Kier molecular flexibility index (Phi) is 8.63. The Hall–Kier alpha value is -3.61. The van der Waals surface area contributed by atoms with Gasteiger partial charge < -0.3 is 19.5 Å². The van der Waals surface area contributed by atoms with Gasteiger partial charge in [-0.05, 0) is 41.3 Å². The second kappa shape index (κ2) is 11.9. The van der Waals surface area contributed by atoms with E-state index in [1.165, 1.54) is 17.0 Å². The van der Waals surface area contributed by atoms with Crippen LogP contribution in [0.15, 0.2) is 77.4 Å². The Morgan fingerprint density at radius 2 is 1.64 bits per heavy atom. The summed E-state index contributed by atoms with van der Waals surface area (Å²) in [5.41, 5.74) is 1.78. The fourth-order valence-electron chi connectivity index (χ4n) is 3.44. The molecule has 0 bridgehead atoms. The van der Waals surface area contributed by atoms with Gasteiger partial charge in [0.15, 0.2) is 0 Å².